The van der Waals surface area contributed by atoms with Gasteiger partial charge in [-0.2, -0.15) is 9.97 Å². The van der Waals surface area contributed by atoms with Crippen molar-refractivity contribution >= 4 is 23.6 Å². The number of methoxy groups -OCH3 is 1. The lowest BCUT2D eigenvalue weighted by molar-refractivity contribution is -0.138. The van der Waals surface area contributed by atoms with Crippen molar-refractivity contribution < 1.29 is 9.53 Å². The zero-order valence-corrected chi connectivity index (χ0v) is 9.28. The molecule has 0 aliphatic carbocycles. The van der Waals surface area contributed by atoms with Gasteiger partial charge in [-0.15, -0.1) is 0 Å². The molecule has 1 rings (SSSR count). The molecule has 0 saturated heterocycles. The van der Waals surface area contributed by atoms with Crippen molar-refractivity contribution in [1.29, 1.82) is 0 Å². The molecule has 0 fully saturated rings. The van der Waals surface area contributed by atoms with Crippen LogP contribution < -0.4 is 16.4 Å². The fourth-order valence-electron chi connectivity index (χ4n) is 1.06. The van der Waals surface area contributed by atoms with E-state index in [1.165, 1.54) is 7.11 Å². The molecule has 0 aromatic carbocycles. The molecule has 0 aliphatic rings. The van der Waals surface area contributed by atoms with Crippen molar-refractivity contribution in [3.8, 4) is 0 Å². The number of nitrogens with zero attached hydrogens (tertiary/aromatic N) is 2. The molecule has 0 bridgehead atoms. The third kappa shape index (κ3) is 3.60. The first-order valence-electron chi connectivity index (χ1n) is 4.84. The van der Waals surface area contributed by atoms with Crippen molar-refractivity contribution in [3.05, 3.63) is 6.07 Å². The molecule has 4 N–H and O–H groups in total. The van der Waals surface area contributed by atoms with E-state index < -0.39 is 0 Å². The lowest BCUT2D eigenvalue weighted by Crippen LogP contribution is -2.16. The first-order chi connectivity index (χ1) is 7.65. The largest absolute Gasteiger partial charge is 0.468 e. The smallest absolute Gasteiger partial charge is 0.325 e. The Balaban J connectivity index is 2.68. The van der Waals surface area contributed by atoms with Gasteiger partial charge in [0.2, 0.25) is 5.95 Å². The Kier molecular flexibility index (Phi) is 4.31. The summed E-state index contributed by atoms with van der Waals surface area (Å²) in [5.74, 6) is 0.865. The maximum atomic E-state index is 10.9. The summed E-state index contributed by atoms with van der Waals surface area (Å²) >= 11 is 0. The Morgan fingerprint density at radius 3 is 2.62 bits per heavy atom. The van der Waals surface area contributed by atoms with E-state index in [9.17, 15) is 4.79 Å². The van der Waals surface area contributed by atoms with E-state index in [0.717, 1.165) is 6.54 Å². The molecule has 88 valence electrons. The van der Waals surface area contributed by atoms with Gasteiger partial charge in [-0.3, -0.25) is 4.79 Å². The van der Waals surface area contributed by atoms with E-state index in [1.54, 1.807) is 6.07 Å². The van der Waals surface area contributed by atoms with Crippen LogP contribution in [0.25, 0.3) is 0 Å². The van der Waals surface area contributed by atoms with Gasteiger partial charge in [0.05, 0.1) is 7.11 Å². The van der Waals surface area contributed by atoms with Gasteiger partial charge in [0, 0.05) is 12.6 Å². The Morgan fingerprint density at radius 2 is 2.06 bits per heavy atom. The fourth-order valence-corrected chi connectivity index (χ4v) is 1.06. The van der Waals surface area contributed by atoms with Gasteiger partial charge >= 0.3 is 5.97 Å². The van der Waals surface area contributed by atoms with Crippen LogP contribution in [0.4, 0.5) is 17.6 Å². The van der Waals surface area contributed by atoms with Crippen LogP contribution in [0.5, 0.6) is 0 Å². The monoisotopic (exact) mass is 225 g/mol. The summed E-state index contributed by atoms with van der Waals surface area (Å²) in [5, 5.41) is 5.79. The van der Waals surface area contributed by atoms with Crippen LogP contribution in [0.15, 0.2) is 6.07 Å². The predicted molar refractivity (Wildman–Crippen MR) is 61.1 cm³/mol. The quantitative estimate of drug-likeness (QED) is 0.609. The number of hydrogen-bond donors (Lipinski definition) is 3. The van der Waals surface area contributed by atoms with Crippen LogP contribution >= 0.6 is 0 Å². The van der Waals surface area contributed by atoms with Gasteiger partial charge in [-0.05, 0) is 6.92 Å². The Morgan fingerprint density at radius 1 is 1.44 bits per heavy atom. The van der Waals surface area contributed by atoms with E-state index in [4.69, 9.17) is 5.73 Å². The number of esters is 1. The molecular weight excluding hydrogens is 210 g/mol. The zero-order valence-electron chi connectivity index (χ0n) is 9.28. The standard InChI is InChI=1S/C9H15N5O2/c1-3-11-6-4-7(14-9(10)13-6)12-5-8(15)16-2/h4H,3,5H2,1-2H3,(H4,10,11,12,13,14). The molecule has 7 heteroatoms. The zero-order chi connectivity index (χ0) is 12.0. The average Bonchev–Trinajstić information content (AvgIpc) is 2.25. The minimum atomic E-state index is -0.373. The number of rotatable bonds is 5. The Hall–Kier alpha value is -2.05. The number of anilines is 3. The molecule has 0 amide bonds. The number of aromatic nitrogens is 2. The van der Waals surface area contributed by atoms with Crippen LogP contribution in [-0.4, -0.2) is 36.1 Å². The maximum Gasteiger partial charge on any atom is 0.325 e. The second-order valence-corrected chi connectivity index (χ2v) is 2.96. The molecule has 0 radical (unpaired) electrons. The lowest BCUT2D eigenvalue weighted by Gasteiger charge is -2.07. The van der Waals surface area contributed by atoms with E-state index in [-0.39, 0.29) is 18.5 Å². The molecule has 0 spiro atoms. The minimum absolute atomic E-state index is 0.0402. The maximum absolute atomic E-state index is 10.9. The summed E-state index contributed by atoms with van der Waals surface area (Å²) in [7, 11) is 1.32. The highest BCUT2D eigenvalue weighted by Gasteiger charge is 2.04. The van der Waals surface area contributed by atoms with E-state index in [1.807, 2.05) is 6.92 Å². The third-order valence-corrected chi connectivity index (χ3v) is 1.74. The highest BCUT2D eigenvalue weighted by Crippen LogP contribution is 2.11. The topological polar surface area (TPSA) is 102 Å². The van der Waals surface area contributed by atoms with Crippen molar-refractivity contribution in [1.82, 2.24) is 9.97 Å². The highest BCUT2D eigenvalue weighted by atomic mass is 16.5. The van der Waals surface area contributed by atoms with E-state index in [2.05, 4.69) is 25.3 Å². The summed E-state index contributed by atoms with van der Waals surface area (Å²) < 4.78 is 4.49. The predicted octanol–water partition coefficient (Wildman–Crippen LogP) is 0.0755. The molecule has 0 unspecified atom stereocenters. The number of carbonyl (C=O) groups excluding carboxylic acids is 1. The molecule has 1 aromatic heterocycles. The first-order valence-corrected chi connectivity index (χ1v) is 4.84. The third-order valence-electron chi connectivity index (χ3n) is 1.74. The van der Waals surface area contributed by atoms with Gasteiger partial charge in [-0.25, -0.2) is 0 Å². The molecule has 1 aromatic rings. The summed E-state index contributed by atoms with van der Waals surface area (Å²) in [4.78, 5) is 18.8. The normalized spacial score (nSPS) is 9.62. The summed E-state index contributed by atoms with van der Waals surface area (Å²) in [6.45, 7) is 2.71. The Bertz CT molecular complexity index is 369. The Labute approximate surface area is 93.4 Å². The molecule has 7 nitrogen and oxygen atoms in total. The van der Waals surface area contributed by atoms with E-state index in [0.29, 0.717) is 11.6 Å². The van der Waals surface area contributed by atoms with Gasteiger partial charge in [0.1, 0.15) is 18.2 Å². The van der Waals surface area contributed by atoms with Crippen molar-refractivity contribution in [2.24, 2.45) is 0 Å². The average molecular weight is 225 g/mol. The van der Waals surface area contributed by atoms with Crippen molar-refractivity contribution in [2.75, 3.05) is 36.6 Å². The minimum Gasteiger partial charge on any atom is -0.468 e. The summed E-state index contributed by atoms with van der Waals surface area (Å²) in [6.07, 6.45) is 0. The molecule has 0 saturated carbocycles. The number of nitrogens with one attached hydrogen (secondary N) is 2. The second kappa shape index (κ2) is 5.74. The van der Waals surface area contributed by atoms with Crippen molar-refractivity contribution in [2.45, 2.75) is 6.92 Å². The first kappa shape index (κ1) is 12.0. The number of ether oxygens (including phenoxy) is 1. The molecular formula is C9H15N5O2. The molecule has 0 aliphatic heterocycles. The SMILES string of the molecule is CCNc1cc(NCC(=O)OC)nc(N)n1. The number of carbonyl (C=O) groups is 1. The number of nitrogen functional groups attached to an aromatic ring is 1. The van der Waals surface area contributed by atoms with Gasteiger partial charge < -0.3 is 21.1 Å². The number of hydrogen-bond acceptors (Lipinski definition) is 7. The number of nitrogens with two attached hydrogens (primary N) is 1. The van der Waals surface area contributed by atoms with Crippen LogP contribution in [0.1, 0.15) is 6.92 Å². The molecule has 16 heavy (non-hydrogen) atoms. The van der Waals surface area contributed by atoms with Gasteiger partial charge in [-0.1, -0.05) is 0 Å². The molecule has 1 heterocycles. The summed E-state index contributed by atoms with van der Waals surface area (Å²) in [6, 6.07) is 1.67. The van der Waals surface area contributed by atoms with Crippen LogP contribution in [-0.2, 0) is 9.53 Å². The fraction of sp³-hybridized carbons (Fsp3) is 0.444. The lowest BCUT2D eigenvalue weighted by atomic mass is 10.5. The van der Waals surface area contributed by atoms with Gasteiger partial charge in [0.15, 0.2) is 0 Å². The van der Waals surface area contributed by atoms with Crippen LogP contribution in [0.2, 0.25) is 0 Å². The van der Waals surface area contributed by atoms with Gasteiger partial charge in [0.25, 0.3) is 0 Å². The second-order valence-electron chi connectivity index (χ2n) is 2.96. The van der Waals surface area contributed by atoms with Crippen molar-refractivity contribution in [3.63, 3.8) is 0 Å². The summed E-state index contributed by atoms with van der Waals surface area (Å²) in [5.41, 5.74) is 5.51. The highest BCUT2D eigenvalue weighted by molar-refractivity contribution is 5.74. The van der Waals surface area contributed by atoms with Crippen LogP contribution in [0.3, 0.4) is 0 Å². The van der Waals surface area contributed by atoms with Crippen LogP contribution in [0, 0.1) is 0 Å². The molecule has 0 atom stereocenters. The van der Waals surface area contributed by atoms with E-state index >= 15 is 0 Å².